The Bertz CT molecular complexity index is 1070. The van der Waals surface area contributed by atoms with Crippen LogP contribution < -0.4 is 15.0 Å². The summed E-state index contributed by atoms with van der Waals surface area (Å²) in [4.78, 5) is 24.0. The molecule has 1 fully saturated rings. The van der Waals surface area contributed by atoms with Crippen molar-refractivity contribution >= 4 is 17.4 Å². The van der Waals surface area contributed by atoms with E-state index in [1.54, 1.807) is 12.4 Å². The largest absolute Gasteiger partial charge is 0.436 e. The standard InChI is InChI=1S/C26H30N4O2/c1-18(2)20-10-12-22(13-11-20)29-25(31)21-8-6-16-30(17-21)24-26(28-15-14-27-24)32-23-9-5-4-7-19(23)3/h4-5,7,9-15,18,21H,6,8,16-17H2,1-3H3,(H,29,31)/t21-/m1/s1. The second kappa shape index (κ2) is 9.81. The van der Waals surface area contributed by atoms with Gasteiger partial charge in [-0.25, -0.2) is 9.97 Å². The number of carbonyl (C=O) groups is 1. The number of benzene rings is 2. The summed E-state index contributed by atoms with van der Waals surface area (Å²) in [5.41, 5.74) is 3.12. The summed E-state index contributed by atoms with van der Waals surface area (Å²) in [5, 5.41) is 3.08. The van der Waals surface area contributed by atoms with Gasteiger partial charge >= 0.3 is 0 Å². The van der Waals surface area contributed by atoms with Crippen LogP contribution in [0, 0.1) is 12.8 Å². The van der Waals surface area contributed by atoms with Gasteiger partial charge in [-0.1, -0.05) is 44.2 Å². The van der Waals surface area contributed by atoms with Gasteiger partial charge in [-0.2, -0.15) is 0 Å². The molecule has 1 amide bonds. The number of aromatic nitrogens is 2. The monoisotopic (exact) mass is 430 g/mol. The third kappa shape index (κ3) is 5.07. The molecule has 1 aromatic heterocycles. The molecule has 1 saturated heterocycles. The molecule has 0 aliphatic carbocycles. The summed E-state index contributed by atoms with van der Waals surface area (Å²) in [6.07, 6.45) is 5.05. The van der Waals surface area contributed by atoms with Crippen LogP contribution >= 0.6 is 0 Å². The van der Waals surface area contributed by atoms with E-state index in [-0.39, 0.29) is 11.8 Å². The van der Waals surface area contributed by atoms with Gasteiger partial charge in [-0.05, 0) is 55.0 Å². The number of hydrogen-bond acceptors (Lipinski definition) is 5. The Hall–Kier alpha value is -3.41. The summed E-state index contributed by atoms with van der Waals surface area (Å²) < 4.78 is 6.10. The summed E-state index contributed by atoms with van der Waals surface area (Å²) in [6.45, 7) is 7.72. The SMILES string of the molecule is Cc1ccccc1Oc1nccnc1N1CCC[C@@H](C(=O)Nc2ccc(C(C)C)cc2)C1. The smallest absolute Gasteiger partial charge is 0.263 e. The number of nitrogens with one attached hydrogen (secondary N) is 1. The van der Waals surface area contributed by atoms with Crippen molar-refractivity contribution in [2.24, 2.45) is 5.92 Å². The van der Waals surface area contributed by atoms with Crippen LogP contribution in [0.2, 0.25) is 0 Å². The molecule has 6 nitrogen and oxygen atoms in total. The van der Waals surface area contributed by atoms with Gasteiger partial charge in [-0.15, -0.1) is 0 Å². The van der Waals surface area contributed by atoms with Gasteiger partial charge in [0.1, 0.15) is 5.75 Å². The molecule has 1 atom stereocenters. The van der Waals surface area contributed by atoms with Crippen LogP contribution in [0.5, 0.6) is 11.6 Å². The number of amides is 1. The van der Waals surface area contributed by atoms with Gasteiger partial charge in [-0.3, -0.25) is 4.79 Å². The van der Waals surface area contributed by atoms with E-state index < -0.39 is 0 Å². The zero-order valence-corrected chi connectivity index (χ0v) is 18.9. The highest BCUT2D eigenvalue weighted by atomic mass is 16.5. The molecule has 3 aromatic rings. The number of hydrogen-bond donors (Lipinski definition) is 1. The van der Waals surface area contributed by atoms with Crippen LogP contribution in [0.15, 0.2) is 60.9 Å². The first-order valence-corrected chi connectivity index (χ1v) is 11.2. The number of nitrogens with zero attached hydrogens (tertiary/aromatic N) is 3. The lowest BCUT2D eigenvalue weighted by atomic mass is 9.97. The second-order valence-corrected chi connectivity index (χ2v) is 8.60. The Morgan fingerprint density at radius 2 is 1.84 bits per heavy atom. The normalized spacial score (nSPS) is 16.1. The van der Waals surface area contributed by atoms with Crippen molar-refractivity contribution in [2.75, 3.05) is 23.3 Å². The Labute approximate surface area is 189 Å². The van der Waals surface area contributed by atoms with Crippen LogP contribution in [-0.4, -0.2) is 29.0 Å². The fourth-order valence-corrected chi connectivity index (χ4v) is 3.96. The molecule has 0 spiro atoms. The average Bonchev–Trinajstić information content (AvgIpc) is 2.81. The molecular weight excluding hydrogens is 400 g/mol. The molecule has 0 bridgehead atoms. The molecule has 4 rings (SSSR count). The van der Waals surface area contributed by atoms with E-state index in [1.807, 2.05) is 43.3 Å². The molecule has 1 aliphatic rings. The van der Waals surface area contributed by atoms with E-state index in [0.29, 0.717) is 24.2 Å². The van der Waals surface area contributed by atoms with Gasteiger partial charge in [0, 0.05) is 31.2 Å². The molecule has 2 heterocycles. The van der Waals surface area contributed by atoms with Crippen molar-refractivity contribution in [3.8, 4) is 11.6 Å². The maximum atomic E-state index is 13.0. The molecule has 1 aliphatic heterocycles. The van der Waals surface area contributed by atoms with Crippen LogP contribution in [0.25, 0.3) is 0 Å². The van der Waals surface area contributed by atoms with Gasteiger partial charge in [0.25, 0.3) is 5.88 Å². The number of para-hydroxylation sites is 1. The summed E-state index contributed by atoms with van der Waals surface area (Å²) in [7, 11) is 0. The summed E-state index contributed by atoms with van der Waals surface area (Å²) in [5.74, 6) is 2.28. The number of carbonyl (C=O) groups excluding carboxylic acids is 1. The van der Waals surface area contributed by atoms with E-state index in [2.05, 4.69) is 46.2 Å². The molecule has 0 saturated carbocycles. The predicted molar refractivity (Wildman–Crippen MR) is 127 cm³/mol. The van der Waals surface area contributed by atoms with E-state index >= 15 is 0 Å². The first-order valence-electron chi connectivity index (χ1n) is 11.2. The fraction of sp³-hybridized carbons (Fsp3) is 0.346. The van der Waals surface area contributed by atoms with E-state index in [4.69, 9.17) is 4.74 Å². The minimum absolute atomic E-state index is 0.0391. The van der Waals surface area contributed by atoms with Gasteiger partial charge in [0.05, 0.1) is 5.92 Å². The highest BCUT2D eigenvalue weighted by Crippen LogP contribution is 2.32. The predicted octanol–water partition coefficient (Wildman–Crippen LogP) is 5.56. The highest BCUT2D eigenvalue weighted by molar-refractivity contribution is 5.93. The summed E-state index contributed by atoms with van der Waals surface area (Å²) in [6, 6.07) is 15.9. The quantitative estimate of drug-likeness (QED) is 0.555. The van der Waals surface area contributed by atoms with Crippen LogP contribution in [0.3, 0.4) is 0 Å². The van der Waals surface area contributed by atoms with Crippen LogP contribution in [0.4, 0.5) is 11.5 Å². The Morgan fingerprint density at radius 1 is 1.09 bits per heavy atom. The lowest BCUT2D eigenvalue weighted by Crippen LogP contribution is -2.41. The van der Waals surface area contributed by atoms with Crippen molar-refractivity contribution in [3.63, 3.8) is 0 Å². The highest BCUT2D eigenvalue weighted by Gasteiger charge is 2.28. The lowest BCUT2D eigenvalue weighted by Gasteiger charge is -2.33. The molecule has 1 N–H and O–H groups in total. The molecule has 6 heteroatoms. The fourth-order valence-electron chi connectivity index (χ4n) is 3.96. The molecule has 0 unspecified atom stereocenters. The van der Waals surface area contributed by atoms with Crippen molar-refractivity contribution < 1.29 is 9.53 Å². The topological polar surface area (TPSA) is 67.4 Å². The molecular formula is C26H30N4O2. The maximum absolute atomic E-state index is 13.0. The van der Waals surface area contributed by atoms with Crippen molar-refractivity contribution in [1.29, 1.82) is 0 Å². The minimum atomic E-state index is -0.123. The Kier molecular flexibility index (Phi) is 6.69. The van der Waals surface area contributed by atoms with Gasteiger partial charge in [0.15, 0.2) is 5.82 Å². The van der Waals surface area contributed by atoms with Gasteiger partial charge in [0.2, 0.25) is 5.91 Å². The molecule has 166 valence electrons. The second-order valence-electron chi connectivity index (χ2n) is 8.60. The molecule has 0 radical (unpaired) electrons. The number of rotatable bonds is 6. The zero-order valence-electron chi connectivity index (χ0n) is 18.9. The third-order valence-electron chi connectivity index (χ3n) is 5.88. The van der Waals surface area contributed by atoms with E-state index in [0.717, 1.165) is 36.4 Å². The number of aryl methyl sites for hydroxylation is 1. The first-order chi connectivity index (χ1) is 15.5. The third-order valence-corrected chi connectivity index (χ3v) is 5.88. The van der Waals surface area contributed by atoms with Crippen molar-refractivity contribution in [1.82, 2.24) is 9.97 Å². The Morgan fingerprint density at radius 3 is 2.59 bits per heavy atom. The maximum Gasteiger partial charge on any atom is 0.263 e. The zero-order chi connectivity index (χ0) is 22.5. The summed E-state index contributed by atoms with van der Waals surface area (Å²) >= 11 is 0. The first kappa shape index (κ1) is 21.8. The minimum Gasteiger partial charge on any atom is -0.436 e. The van der Waals surface area contributed by atoms with Crippen LogP contribution in [-0.2, 0) is 4.79 Å². The van der Waals surface area contributed by atoms with Crippen molar-refractivity contribution in [2.45, 2.75) is 39.5 Å². The number of ether oxygens (including phenoxy) is 1. The number of anilines is 2. The van der Waals surface area contributed by atoms with Crippen LogP contribution in [0.1, 0.15) is 43.7 Å². The molecule has 2 aromatic carbocycles. The average molecular weight is 431 g/mol. The van der Waals surface area contributed by atoms with Gasteiger partial charge < -0.3 is 15.0 Å². The van der Waals surface area contributed by atoms with E-state index in [9.17, 15) is 4.79 Å². The molecule has 32 heavy (non-hydrogen) atoms. The number of piperidine rings is 1. The van der Waals surface area contributed by atoms with E-state index in [1.165, 1.54) is 5.56 Å². The Balaban J connectivity index is 1.46. The lowest BCUT2D eigenvalue weighted by molar-refractivity contribution is -0.120. The van der Waals surface area contributed by atoms with Crippen molar-refractivity contribution in [3.05, 3.63) is 72.1 Å².